The second kappa shape index (κ2) is 9.16. The SMILES string of the molecule is N#Cc1cn(-c2ccc(C(=O)O)cc2)cc1-c1ccccc1OCc1ccccc1C(F)(F)F. The zero-order chi connectivity index (χ0) is 24.3. The summed E-state index contributed by atoms with van der Waals surface area (Å²) in [6.45, 7) is -0.300. The van der Waals surface area contributed by atoms with E-state index in [1.807, 2.05) is 0 Å². The zero-order valence-electron chi connectivity index (χ0n) is 17.6. The van der Waals surface area contributed by atoms with Crippen LogP contribution in [0.15, 0.2) is 85.2 Å². The van der Waals surface area contributed by atoms with Crippen molar-refractivity contribution >= 4 is 5.97 Å². The number of halogens is 3. The quantitative estimate of drug-likeness (QED) is 0.364. The van der Waals surface area contributed by atoms with Gasteiger partial charge in [0, 0.05) is 34.8 Å². The predicted octanol–water partition coefficient (Wildman–Crippen LogP) is 6.31. The number of alkyl halides is 3. The number of rotatable bonds is 6. The van der Waals surface area contributed by atoms with E-state index in [4.69, 9.17) is 9.84 Å². The molecule has 0 spiro atoms. The Labute approximate surface area is 192 Å². The van der Waals surface area contributed by atoms with E-state index in [1.165, 1.54) is 30.3 Å². The van der Waals surface area contributed by atoms with Gasteiger partial charge in [0.15, 0.2) is 0 Å². The number of nitrogens with zero attached hydrogens (tertiary/aromatic N) is 2. The van der Waals surface area contributed by atoms with Crippen LogP contribution in [0.2, 0.25) is 0 Å². The number of aromatic nitrogens is 1. The van der Waals surface area contributed by atoms with E-state index in [9.17, 15) is 23.2 Å². The highest BCUT2D eigenvalue weighted by Crippen LogP contribution is 2.36. The van der Waals surface area contributed by atoms with Gasteiger partial charge >= 0.3 is 12.1 Å². The normalized spacial score (nSPS) is 11.1. The molecule has 0 atom stereocenters. The third-order valence-electron chi connectivity index (χ3n) is 5.24. The van der Waals surface area contributed by atoms with Crippen LogP contribution in [-0.4, -0.2) is 15.6 Å². The minimum absolute atomic E-state index is 0.00130. The van der Waals surface area contributed by atoms with E-state index in [-0.39, 0.29) is 17.7 Å². The summed E-state index contributed by atoms with van der Waals surface area (Å²) in [5.41, 5.74) is 1.42. The Morgan fingerprint density at radius 3 is 2.29 bits per heavy atom. The summed E-state index contributed by atoms with van der Waals surface area (Å²) in [6.07, 6.45) is -1.21. The Kier molecular flexibility index (Phi) is 6.11. The van der Waals surface area contributed by atoms with Crippen molar-refractivity contribution in [1.82, 2.24) is 4.57 Å². The number of aromatic carboxylic acids is 1. The molecule has 170 valence electrons. The number of hydrogen-bond donors (Lipinski definition) is 1. The highest BCUT2D eigenvalue weighted by molar-refractivity contribution is 5.87. The van der Waals surface area contributed by atoms with E-state index < -0.39 is 17.7 Å². The maximum Gasteiger partial charge on any atom is 0.416 e. The number of hydrogen-bond acceptors (Lipinski definition) is 3. The van der Waals surface area contributed by atoms with E-state index in [0.29, 0.717) is 28.1 Å². The molecule has 0 unspecified atom stereocenters. The van der Waals surface area contributed by atoms with Gasteiger partial charge in [-0.05, 0) is 36.4 Å². The second-order valence-electron chi connectivity index (χ2n) is 7.40. The number of nitriles is 1. The van der Waals surface area contributed by atoms with Gasteiger partial charge in [-0.25, -0.2) is 4.79 Å². The van der Waals surface area contributed by atoms with Crippen molar-refractivity contribution in [2.45, 2.75) is 12.8 Å². The summed E-state index contributed by atoms with van der Waals surface area (Å²) >= 11 is 0. The smallest absolute Gasteiger partial charge is 0.416 e. The largest absolute Gasteiger partial charge is 0.488 e. The van der Waals surface area contributed by atoms with Gasteiger partial charge in [0.05, 0.1) is 16.7 Å². The standard InChI is InChI=1S/C26H17F3N2O3/c27-26(28,29)23-7-3-1-5-18(23)16-34-24-8-4-2-6-21(24)22-15-31(14-19(22)13-30)20-11-9-17(10-12-20)25(32)33/h1-12,14-15H,16H2,(H,32,33). The molecule has 5 nitrogen and oxygen atoms in total. The Morgan fingerprint density at radius 1 is 0.941 bits per heavy atom. The molecule has 0 saturated heterocycles. The van der Waals surface area contributed by atoms with Gasteiger partial charge < -0.3 is 14.4 Å². The first-order valence-electron chi connectivity index (χ1n) is 10.1. The van der Waals surface area contributed by atoms with Gasteiger partial charge in [-0.2, -0.15) is 18.4 Å². The summed E-state index contributed by atoms with van der Waals surface area (Å²) in [7, 11) is 0. The number of carboxylic acid groups (broad SMARTS) is 1. The van der Waals surface area contributed by atoms with Crippen LogP contribution in [-0.2, 0) is 12.8 Å². The Bertz CT molecular complexity index is 1380. The van der Waals surface area contributed by atoms with Crippen LogP contribution >= 0.6 is 0 Å². The first-order valence-corrected chi connectivity index (χ1v) is 10.1. The topological polar surface area (TPSA) is 75.2 Å². The zero-order valence-corrected chi connectivity index (χ0v) is 17.6. The van der Waals surface area contributed by atoms with E-state index in [2.05, 4.69) is 6.07 Å². The molecule has 1 heterocycles. The van der Waals surface area contributed by atoms with Crippen molar-refractivity contribution in [2.75, 3.05) is 0 Å². The Morgan fingerprint density at radius 2 is 1.62 bits per heavy atom. The molecule has 4 aromatic rings. The van der Waals surface area contributed by atoms with Gasteiger partial charge in [-0.3, -0.25) is 0 Å². The minimum Gasteiger partial charge on any atom is -0.488 e. The Hall–Kier alpha value is -4.51. The minimum atomic E-state index is -4.50. The van der Waals surface area contributed by atoms with Crippen LogP contribution in [0.4, 0.5) is 13.2 Å². The number of carbonyl (C=O) groups is 1. The van der Waals surface area contributed by atoms with Crippen molar-refractivity contribution < 1.29 is 27.8 Å². The maximum atomic E-state index is 13.3. The van der Waals surface area contributed by atoms with Gasteiger partial charge in [-0.15, -0.1) is 0 Å². The Balaban J connectivity index is 1.67. The molecule has 0 fully saturated rings. The monoisotopic (exact) mass is 462 g/mol. The highest BCUT2D eigenvalue weighted by Gasteiger charge is 2.33. The second-order valence-corrected chi connectivity index (χ2v) is 7.40. The van der Waals surface area contributed by atoms with Crippen LogP contribution in [0, 0.1) is 11.3 Å². The maximum absolute atomic E-state index is 13.3. The lowest BCUT2D eigenvalue weighted by molar-refractivity contribution is -0.138. The average molecular weight is 462 g/mol. The number of para-hydroxylation sites is 1. The molecule has 34 heavy (non-hydrogen) atoms. The van der Waals surface area contributed by atoms with Crippen molar-refractivity contribution in [2.24, 2.45) is 0 Å². The molecule has 1 aromatic heterocycles. The number of ether oxygens (including phenoxy) is 1. The van der Waals surface area contributed by atoms with Crippen LogP contribution < -0.4 is 4.74 Å². The van der Waals surface area contributed by atoms with Crippen molar-refractivity contribution in [3.05, 3.63) is 107 Å². The van der Waals surface area contributed by atoms with Crippen molar-refractivity contribution in [3.8, 4) is 28.6 Å². The number of carboxylic acids is 1. The lowest BCUT2D eigenvalue weighted by atomic mass is 10.0. The van der Waals surface area contributed by atoms with E-state index >= 15 is 0 Å². The number of benzene rings is 3. The molecule has 0 aliphatic carbocycles. The third-order valence-corrected chi connectivity index (χ3v) is 5.24. The fourth-order valence-corrected chi connectivity index (χ4v) is 3.58. The van der Waals surface area contributed by atoms with Crippen LogP contribution in [0.25, 0.3) is 16.8 Å². The summed E-state index contributed by atoms with van der Waals surface area (Å²) in [5.74, 6) is -0.717. The van der Waals surface area contributed by atoms with Crippen molar-refractivity contribution in [3.63, 3.8) is 0 Å². The van der Waals surface area contributed by atoms with Crippen molar-refractivity contribution in [1.29, 1.82) is 5.26 Å². The fraction of sp³-hybridized carbons (Fsp3) is 0.0769. The first-order chi connectivity index (χ1) is 16.3. The molecule has 0 aliphatic rings. The molecule has 0 amide bonds. The molecular weight excluding hydrogens is 445 g/mol. The van der Waals surface area contributed by atoms with Gasteiger partial charge in [0.1, 0.15) is 18.4 Å². The summed E-state index contributed by atoms with van der Waals surface area (Å²) < 4.78 is 47.4. The third kappa shape index (κ3) is 4.64. The summed E-state index contributed by atoms with van der Waals surface area (Å²) in [5, 5.41) is 18.8. The molecule has 0 saturated carbocycles. The first kappa shape index (κ1) is 22.7. The van der Waals surface area contributed by atoms with Crippen LogP contribution in [0.3, 0.4) is 0 Å². The lowest BCUT2D eigenvalue weighted by Gasteiger charge is -2.15. The average Bonchev–Trinajstić information content (AvgIpc) is 3.27. The highest BCUT2D eigenvalue weighted by atomic mass is 19.4. The fourth-order valence-electron chi connectivity index (χ4n) is 3.58. The van der Waals surface area contributed by atoms with E-state index in [0.717, 1.165) is 6.07 Å². The predicted molar refractivity (Wildman–Crippen MR) is 119 cm³/mol. The molecule has 3 aromatic carbocycles. The molecule has 1 N–H and O–H groups in total. The van der Waals surface area contributed by atoms with Gasteiger partial charge in [0.2, 0.25) is 0 Å². The van der Waals surface area contributed by atoms with Gasteiger partial charge in [-0.1, -0.05) is 36.4 Å². The molecule has 0 bridgehead atoms. The molecule has 0 aliphatic heterocycles. The van der Waals surface area contributed by atoms with Crippen LogP contribution in [0.1, 0.15) is 27.0 Å². The molecule has 0 radical (unpaired) electrons. The van der Waals surface area contributed by atoms with Crippen LogP contribution in [0.5, 0.6) is 5.75 Å². The van der Waals surface area contributed by atoms with E-state index in [1.54, 1.807) is 53.4 Å². The molecular formula is C26H17F3N2O3. The molecule has 8 heteroatoms. The summed E-state index contributed by atoms with van der Waals surface area (Å²) in [6, 6.07) is 20.3. The van der Waals surface area contributed by atoms with Gasteiger partial charge in [0.25, 0.3) is 0 Å². The summed E-state index contributed by atoms with van der Waals surface area (Å²) in [4.78, 5) is 11.1. The molecule has 4 rings (SSSR count). The lowest BCUT2D eigenvalue weighted by Crippen LogP contribution is -2.10.